The molecule has 0 bridgehead atoms. The third-order valence-corrected chi connectivity index (χ3v) is 12.3. The number of nitrogens with one attached hydrogen (secondary N) is 9. The van der Waals surface area contributed by atoms with Crippen LogP contribution in [0.3, 0.4) is 0 Å². The van der Waals surface area contributed by atoms with E-state index in [-0.39, 0.29) is 102 Å². The van der Waals surface area contributed by atoms with Gasteiger partial charge in [-0.1, -0.05) is 24.7 Å². The van der Waals surface area contributed by atoms with Crippen LogP contribution in [0, 0.1) is 0 Å². The number of ether oxygens (including phenoxy) is 3. The molecule has 15 N–H and O–H groups in total. The van der Waals surface area contributed by atoms with Crippen molar-refractivity contribution in [1.82, 2.24) is 47.9 Å². The lowest BCUT2D eigenvalue weighted by Crippen LogP contribution is -2.57. The summed E-state index contributed by atoms with van der Waals surface area (Å²) in [6, 6.07) is -2.18. The topological polar surface area (TPSA) is 373 Å². The summed E-state index contributed by atoms with van der Waals surface area (Å²) < 4.78 is 16.1. The second-order valence-corrected chi connectivity index (χ2v) is 19.4. The van der Waals surface area contributed by atoms with E-state index in [4.69, 9.17) is 25.7 Å². The minimum absolute atomic E-state index is 0. The summed E-state index contributed by atoms with van der Waals surface area (Å²) in [7, 11) is 3.32. The van der Waals surface area contributed by atoms with Crippen molar-refractivity contribution in [1.29, 1.82) is 0 Å². The van der Waals surface area contributed by atoms with Gasteiger partial charge in [0, 0.05) is 45.6 Å². The van der Waals surface area contributed by atoms with E-state index in [0.29, 0.717) is 89.1 Å². The summed E-state index contributed by atoms with van der Waals surface area (Å²) in [5.41, 5.74) is 13.2. The molecular formula is C53H103N13O12. The standard InChI is InChI=1S/C46H89N13O12.C6H10.CH4/c1-32(58-67)45(3,4)54-28-34(29-55-46(5,6)33(2)59-68)56-38(60)19-15-20-39(61)57-37(44(66)53-23-14-10-17-36(50-8)43(48)65)18-11-13-22-52-41(63)31-71-27-25-69-24-26-70-30-40(62)51-21-12-9-16-35(49-7)42(47)64;1-3-5-6-4-2;/h34-37,49-50,54-55,67-68H,9-31H2,1-8H3,(H2,47,64)(H2,48,65)(H,51,62)(H,52,63)(H,53,66)(H,56,60)(H,57,61);3,6H,4H2,1-2H3;1H4/b58-32+,59-33+;;/t35-,36-,37-;;/m0../s1. The van der Waals surface area contributed by atoms with Crippen molar-refractivity contribution in [3.63, 3.8) is 0 Å². The largest absolute Gasteiger partial charge is 0.411 e. The molecular weight excluding hydrogens is 1010 g/mol. The van der Waals surface area contributed by atoms with Crippen LogP contribution >= 0.6 is 0 Å². The van der Waals surface area contributed by atoms with E-state index in [9.17, 15) is 44.0 Å². The Morgan fingerprint density at radius 2 is 0.987 bits per heavy atom. The molecule has 0 aromatic carbocycles. The van der Waals surface area contributed by atoms with Gasteiger partial charge in [-0.15, -0.1) is 5.73 Å². The third kappa shape index (κ3) is 40.6. The normalized spacial score (nSPS) is 12.8. The summed E-state index contributed by atoms with van der Waals surface area (Å²) in [6.07, 6.45) is 10.2. The monoisotopic (exact) mass is 1110 g/mol. The summed E-state index contributed by atoms with van der Waals surface area (Å²) in [6.45, 7) is 16.9. The Labute approximate surface area is 465 Å². The van der Waals surface area contributed by atoms with Crippen LogP contribution in [0.2, 0.25) is 0 Å². The highest BCUT2D eigenvalue weighted by molar-refractivity contribution is 5.91. The molecule has 452 valence electrons. The minimum atomic E-state index is -0.873. The first kappa shape index (κ1) is 76.7. The maximum atomic E-state index is 13.3. The molecule has 0 heterocycles. The number of unbranched alkanes of at least 4 members (excludes halogenated alkanes) is 3. The molecule has 7 amide bonds. The number of amides is 7. The molecule has 25 nitrogen and oxygen atoms in total. The summed E-state index contributed by atoms with van der Waals surface area (Å²) in [5.74, 6) is -2.55. The second kappa shape index (κ2) is 47.5. The highest BCUT2D eigenvalue weighted by Crippen LogP contribution is 2.09. The molecule has 0 saturated carbocycles. The predicted octanol–water partition coefficient (Wildman–Crippen LogP) is 1.38. The fourth-order valence-electron chi connectivity index (χ4n) is 6.76. The maximum Gasteiger partial charge on any atom is 0.245 e. The van der Waals surface area contributed by atoms with E-state index >= 15 is 0 Å². The van der Waals surface area contributed by atoms with Crippen LogP contribution in [0.1, 0.15) is 146 Å². The van der Waals surface area contributed by atoms with Crippen molar-refractivity contribution in [3.05, 3.63) is 17.9 Å². The van der Waals surface area contributed by atoms with Crippen LogP contribution in [-0.4, -0.2) is 185 Å². The zero-order valence-corrected chi connectivity index (χ0v) is 48.0. The SMILES string of the molecule is C.CC=C=CCC.CN[C@@H](CCCCNC(=O)COCCOCCOCC(=O)NCCCC[C@H](NC(=O)CCCC(=O)NC(CNC(C)(C)/C(C)=N/O)CNC(C)(C)/C(C)=N/O)C(=O)NCCCC[C@H](NC)C(N)=O)C(N)=O. The molecule has 0 aromatic rings. The van der Waals surface area contributed by atoms with Gasteiger partial charge in [-0.25, -0.2) is 0 Å². The van der Waals surface area contributed by atoms with Crippen LogP contribution in [0.4, 0.5) is 0 Å². The van der Waals surface area contributed by atoms with E-state index in [0.717, 1.165) is 12.8 Å². The first-order valence-corrected chi connectivity index (χ1v) is 26.8. The lowest BCUT2D eigenvalue weighted by atomic mass is 9.98. The molecule has 0 fully saturated rings. The number of carbonyl (C=O) groups excluding carboxylic acids is 7. The van der Waals surface area contributed by atoms with Gasteiger partial charge in [-0.2, -0.15) is 0 Å². The van der Waals surface area contributed by atoms with E-state index in [1.165, 1.54) is 0 Å². The number of hydrogen-bond donors (Lipinski definition) is 13. The minimum Gasteiger partial charge on any atom is -0.411 e. The van der Waals surface area contributed by atoms with E-state index in [1.54, 1.807) is 27.9 Å². The number of oxime groups is 2. The number of primary amides is 2. The average Bonchev–Trinajstić information content (AvgIpc) is 3.39. The second-order valence-electron chi connectivity index (χ2n) is 19.4. The number of nitrogens with zero attached hydrogens (tertiary/aromatic N) is 2. The van der Waals surface area contributed by atoms with E-state index in [2.05, 4.69) is 70.8 Å². The molecule has 3 atom stereocenters. The van der Waals surface area contributed by atoms with Crippen LogP contribution < -0.4 is 59.3 Å². The number of rotatable bonds is 45. The van der Waals surface area contributed by atoms with E-state index < -0.39 is 46.9 Å². The summed E-state index contributed by atoms with van der Waals surface area (Å²) in [4.78, 5) is 86.6. The predicted molar refractivity (Wildman–Crippen MR) is 304 cm³/mol. The Bertz CT molecular complexity index is 1790. The van der Waals surface area contributed by atoms with Gasteiger partial charge >= 0.3 is 0 Å². The molecule has 0 aliphatic rings. The first-order valence-electron chi connectivity index (χ1n) is 26.8. The Kier molecular flexibility index (Phi) is 46.7. The van der Waals surface area contributed by atoms with Crippen molar-refractivity contribution >= 4 is 52.8 Å². The molecule has 0 unspecified atom stereocenters. The van der Waals surface area contributed by atoms with Crippen molar-refractivity contribution in [2.75, 3.05) is 86.5 Å². The van der Waals surface area contributed by atoms with Crippen LogP contribution in [0.15, 0.2) is 28.2 Å². The van der Waals surface area contributed by atoms with E-state index in [1.807, 2.05) is 46.8 Å². The Balaban J connectivity index is -0.00000755. The van der Waals surface area contributed by atoms with Gasteiger partial charge in [-0.3, -0.25) is 33.6 Å². The number of allylic oxidation sites excluding steroid dienone is 1. The average molecular weight is 1110 g/mol. The van der Waals surface area contributed by atoms with Crippen molar-refractivity contribution in [2.45, 2.75) is 182 Å². The van der Waals surface area contributed by atoms with Crippen LogP contribution in [0.5, 0.6) is 0 Å². The van der Waals surface area contributed by atoms with Gasteiger partial charge in [-0.05, 0) is 145 Å². The Morgan fingerprint density at radius 3 is 1.36 bits per heavy atom. The van der Waals surface area contributed by atoms with Gasteiger partial charge in [0.1, 0.15) is 19.3 Å². The third-order valence-electron chi connectivity index (χ3n) is 12.3. The quantitative estimate of drug-likeness (QED) is 0.0135. The van der Waals surface area contributed by atoms with Crippen molar-refractivity contribution < 1.29 is 58.2 Å². The lowest BCUT2D eigenvalue weighted by Gasteiger charge is -2.32. The molecule has 0 aromatic heterocycles. The molecule has 25 heteroatoms. The number of hydrogen-bond acceptors (Lipinski definition) is 18. The molecule has 0 radical (unpaired) electrons. The van der Waals surface area contributed by atoms with Crippen molar-refractivity contribution in [3.8, 4) is 0 Å². The molecule has 0 aliphatic carbocycles. The molecule has 78 heavy (non-hydrogen) atoms. The van der Waals surface area contributed by atoms with Gasteiger partial charge in [0.2, 0.25) is 41.4 Å². The highest BCUT2D eigenvalue weighted by atomic mass is 16.5. The molecule has 0 aliphatic heterocycles. The van der Waals surface area contributed by atoms with Gasteiger partial charge in [0.05, 0.1) is 67.1 Å². The smallest absolute Gasteiger partial charge is 0.245 e. The van der Waals surface area contributed by atoms with Gasteiger partial charge in [0.25, 0.3) is 0 Å². The first-order chi connectivity index (χ1) is 36.5. The Hall–Kier alpha value is -5.53. The number of nitrogens with two attached hydrogens (primary N) is 2. The van der Waals surface area contributed by atoms with Crippen LogP contribution in [0.25, 0.3) is 0 Å². The molecule has 0 spiro atoms. The fourth-order valence-corrected chi connectivity index (χ4v) is 6.76. The molecule has 0 saturated heterocycles. The molecule has 0 rings (SSSR count). The summed E-state index contributed by atoms with van der Waals surface area (Å²) >= 11 is 0. The van der Waals surface area contributed by atoms with Crippen molar-refractivity contribution in [2.24, 2.45) is 21.8 Å². The maximum absolute atomic E-state index is 13.3. The lowest BCUT2D eigenvalue weighted by molar-refractivity contribution is -0.129. The van der Waals surface area contributed by atoms with Gasteiger partial charge < -0.3 is 83.9 Å². The highest BCUT2D eigenvalue weighted by Gasteiger charge is 2.27. The number of carbonyl (C=O) groups is 7. The Morgan fingerprint density at radius 1 is 0.590 bits per heavy atom. The summed E-state index contributed by atoms with van der Waals surface area (Å²) in [5, 5.41) is 51.7. The van der Waals surface area contributed by atoms with Crippen LogP contribution in [-0.2, 0) is 47.8 Å². The zero-order valence-electron chi connectivity index (χ0n) is 48.0. The number of likely N-dealkylation sites (N-methyl/N-ethyl adjacent to an activating group) is 2. The fraction of sp³-hybridized carbons (Fsp3) is 0.774. The van der Waals surface area contributed by atoms with Gasteiger partial charge in [0.15, 0.2) is 0 Å². The zero-order chi connectivity index (χ0) is 58.5.